The molecule has 1 saturated heterocycles. The number of rotatable bonds is 4. The molecule has 2 aliphatic rings. The summed E-state index contributed by atoms with van der Waals surface area (Å²) in [6.45, 7) is 2.00. The van der Waals surface area contributed by atoms with Crippen LogP contribution in [-0.4, -0.2) is 26.0 Å². The van der Waals surface area contributed by atoms with Gasteiger partial charge in [0.25, 0.3) is 0 Å². The van der Waals surface area contributed by atoms with Crippen molar-refractivity contribution in [1.29, 1.82) is 10.9 Å². The van der Waals surface area contributed by atoms with Gasteiger partial charge < -0.3 is 15.0 Å². The fourth-order valence-corrected chi connectivity index (χ4v) is 3.30. The Labute approximate surface area is 135 Å². The Kier molecular flexibility index (Phi) is 3.73. The predicted molar refractivity (Wildman–Crippen MR) is 83.9 cm³/mol. The van der Waals surface area contributed by atoms with Crippen molar-refractivity contribution in [3.05, 3.63) is 39.1 Å². The fourth-order valence-electron chi connectivity index (χ4n) is 2.81. The summed E-state index contributed by atoms with van der Waals surface area (Å²) in [5.41, 5.74) is 11.7. The number of hydrogen-bond acceptors (Lipinski definition) is 5. The van der Waals surface area contributed by atoms with Crippen LogP contribution in [0.15, 0.2) is 38.7 Å². The normalized spacial score (nSPS) is 19.6. The van der Waals surface area contributed by atoms with Crippen molar-refractivity contribution in [3.63, 3.8) is 0 Å². The molecule has 1 fully saturated rings. The molecule has 0 aliphatic carbocycles. The third-order valence-electron chi connectivity index (χ3n) is 3.82. The highest BCUT2D eigenvalue weighted by atomic mass is 79.9. The van der Waals surface area contributed by atoms with Crippen LogP contribution in [0.3, 0.4) is 0 Å². The molecule has 21 heavy (non-hydrogen) atoms. The van der Waals surface area contributed by atoms with Crippen LogP contribution < -0.4 is 10.3 Å². The van der Waals surface area contributed by atoms with Gasteiger partial charge in [-0.3, -0.25) is 0 Å². The maximum absolute atomic E-state index is 7.35. The van der Waals surface area contributed by atoms with Gasteiger partial charge in [0.1, 0.15) is 10.9 Å². The summed E-state index contributed by atoms with van der Waals surface area (Å²) in [6, 6.07) is 6.09. The quantitative estimate of drug-likeness (QED) is 0.432. The molecule has 6 nitrogen and oxygen atoms in total. The van der Waals surface area contributed by atoms with Crippen molar-refractivity contribution >= 4 is 39.4 Å². The fraction of sp³-hybridized carbons (Fsp3) is 0.308. The number of ether oxygens (including phenoxy) is 1. The molecule has 8 heteroatoms. The summed E-state index contributed by atoms with van der Waals surface area (Å²) in [7, 11) is 0. The lowest BCUT2D eigenvalue weighted by Gasteiger charge is -2.38. The van der Waals surface area contributed by atoms with Crippen LogP contribution in [0.25, 0.3) is 0 Å². The van der Waals surface area contributed by atoms with Crippen LogP contribution in [0.5, 0.6) is 0 Å². The second-order valence-electron chi connectivity index (χ2n) is 5.09. The molecule has 1 spiro atoms. The van der Waals surface area contributed by atoms with Gasteiger partial charge in [-0.05, 0) is 17.7 Å². The second kappa shape index (κ2) is 5.40. The summed E-state index contributed by atoms with van der Waals surface area (Å²) in [6.07, 6.45) is 1.04. The summed E-state index contributed by atoms with van der Waals surface area (Å²) in [5, 5.41) is 10.8. The van der Waals surface area contributed by atoms with E-state index in [1.165, 1.54) is 5.56 Å². The molecule has 110 valence electrons. The molecule has 0 amide bonds. The molecule has 0 aromatic heterocycles. The smallest absolute Gasteiger partial charge is 0.149 e. The van der Waals surface area contributed by atoms with E-state index in [9.17, 15) is 0 Å². The molecular weight excluding hydrogens is 358 g/mol. The molecule has 3 rings (SSSR count). The number of hydrogen-bond donors (Lipinski definition) is 3. The topological polar surface area (TPSA) is 84.6 Å². The highest BCUT2D eigenvalue weighted by Gasteiger charge is 2.49. The predicted octanol–water partition coefficient (Wildman–Crippen LogP) is 3.13. The minimum atomic E-state index is -0.0514. The van der Waals surface area contributed by atoms with Gasteiger partial charge in [0.15, 0.2) is 0 Å². The van der Waals surface area contributed by atoms with E-state index in [1.807, 2.05) is 17.0 Å². The van der Waals surface area contributed by atoms with E-state index in [1.54, 1.807) is 0 Å². The first-order valence-corrected chi connectivity index (χ1v) is 7.46. The van der Waals surface area contributed by atoms with E-state index in [0.29, 0.717) is 25.6 Å². The molecule has 2 heterocycles. The van der Waals surface area contributed by atoms with E-state index >= 15 is 0 Å². The zero-order valence-electron chi connectivity index (χ0n) is 11.0. The van der Waals surface area contributed by atoms with Crippen LogP contribution in [0.1, 0.15) is 5.56 Å². The van der Waals surface area contributed by atoms with Crippen molar-refractivity contribution < 1.29 is 4.74 Å². The summed E-state index contributed by atoms with van der Waals surface area (Å²) < 4.78 is 6.36. The van der Waals surface area contributed by atoms with Crippen molar-refractivity contribution in [1.82, 2.24) is 5.43 Å². The van der Waals surface area contributed by atoms with Crippen LogP contribution in [-0.2, 0) is 10.2 Å². The van der Waals surface area contributed by atoms with E-state index in [2.05, 4.69) is 32.6 Å². The number of halogens is 2. The van der Waals surface area contributed by atoms with Crippen molar-refractivity contribution in [3.8, 4) is 0 Å². The van der Waals surface area contributed by atoms with Crippen LogP contribution >= 0.6 is 27.5 Å². The van der Waals surface area contributed by atoms with Crippen LogP contribution in [0, 0.1) is 10.9 Å². The molecule has 3 N–H and O–H groups in total. The first-order valence-electron chi connectivity index (χ1n) is 6.29. The maximum atomic E-state index is 7.35. The Morgan fingerprint density at radius 3 is 2.86 bits per heavy atom. The standard InChI is InChI=1S/C13H13BrClN5O/c14-8-1-2-9-11(3-8)20(5-13(9)6-21-7-13)12(18-19-17)10(15)4-16/h1-4,16H,5-7H2,(H2,17,18)/b12-10-,16-4?. The number of benzene rings is 1. The number of nitrogens with one attached hydrogen (secondary N) is 3. The third-order valence-corrected chi connectivity index (χ3v) is 4.61. The lowest BCUT2D eigenvalue weighted by molar-refractivity contribution is -0.0509. The largest absolute Gasteiger partial charge is 0.379 e. The molecule has 0 unspecified atom stereocenters. The average Bonchev–Trinajstić information content (AvgIpc) is 2.78. The number of allylic oxidation sites excluding steroid dienone is 1. The Morgan fingerprint density at radius 1 is 1.52 bits per heavy atom. The zero-order valence-corrected chi connectivity index (χ0v) is 13.3. The van der Waals surface area contributed by atoms with E-state index in [-0.39, 0.29) is 10.4 Å². The van der Waals surface area contributed by atoms with Gasteiger partial charge in [-0.25, -0.2) is 5.43 Å². The Morgan fingerprint density at radius 2 is 2.29 bits per heavy atom. The highest BCUT2D eigenvalue weighted by Crippen LogP contribution is 2.47. The molecule has 1 aromatic rings. The third kappa shape index (κ3) is 2.25. The van der Waals surface area contributed by atoms with Gasteiger partial charge >= 0.3 is 0 Å². The first-order chi connectivity index (χ1) is 10.1. The first kappa shape index (κ1) is 14.5. The van der Waals surface area contributed by atoms with Gasteiger partial charge in [0.05, 0.1) is 18.6 Å². The zero-order chi connectivity index (χ0) is 15.0. The second-order valence-corrected chi connectivity index (χ2v) is 6.41. The van der Waals surface area contributed by atoms with E-state index in [4.69, 9.17) is 27.3 Å². The average molecular weight is 371 g/mol. The summed E-state index contributed by atoms with van der Waals surface area (Å²) in [4.78, 5) is 1.95. The summed E-state index contributed by atoms with van der Waals surface area (Å²) >= 11 is 9.58. The molecule has 2 aliphatic heterocycles. The summed E-state index contributed by atoms with van der Waals surface area (Å²) in [5.74, 6) is 0.435. The molecule has 1 aromatic carbocycles. The van der Waals surface area contributed by atoms with Gasteiger partial charge in [-0.1, -0.05) is 38.8 Å². The van der Waals surface area contributed by atoms with Crippen molar-refractivity contribution in [2.24, 2.45) is 5.22 Å². The monoisotopic (exact) mass is 369 g/mol. The number of nitrogens with zero attached hydrogens (tertiary/aromatic N) is 2. The molecule has 0 atom stereocenters. The maximum Gasteiger partial charge on any atom is 0.149 e. The van der Waals surface area contributed by atoms with Gasteiger partial charge in [0.2, 0.25) is 0 Å². The van der Waals surface area contributed by atoms with Crippen LogP contribution in [0.4, 0.5) is 5.69 Å². The molecular formula is C13H13BrClN5O. The lowest BCUT2D eigenvalue weighted by Crippen LogP contribution is -2.50. The van der Waals surface area contributed by atoms with Gasteiger partial charge in [-0.2, -0.15) is 5.53 Å². The van der Waals surface area contributed by atoms with Crippen molar-refractivity contribution in [2.45, 2.75) is 5.41 Å². The van der Waals surface area contributed by atoms with Crippen LogP contribution in [0.2, 0.25) is 0 Å². The minimum Gasteiger partial charge on any atom is -0.379 e. The number of fused-ring (bicyclic) bond motifs is 2. The molecule has 0 bridgehead atoms. The van der Waals surface area contributed by atoms with Crippen molar-refractivity contribution in [2.75, 3.05) is 24.7 Å². The van der Waals surface area contributed by atoms with E-state index < -0.39 is 0 Å². The Hall–Kier alpha value is -1.44. The molecule has 0 radical (unpaired) electrons. The number of anilines is 1. The minimum absolute atomic E-state index is 0.0514. The Balaban J connectivity index is 2.11. The van der Waals surface area contributed by atoms with E-state index in [0.717, 1.165) is 16.4 Å². The molecule has 0 saturated carbocycles. The van der Waals surface area contributed by atoms with Gasteiger partial charge in [-0.15, -0.1) is 0 Å². The SMILES string of the molecule is N=C/C(Cl)=C(\NN=N)N1CC2(COC2)c2ccc(Br)cc21. The van der Waals surface area contributed by atoms with Gasteiger partial charge in [0, 0.05) is 22.9 Å². The Bertz CT molecular complexity index is 643. The highest BCUT2D eigenvalue weighted by molar-refractivity contribution is 9.10. The lowest BCUT2D eigenvalue weighted by atomic mass is 9.81.